The van der Waals surface area contributed by atoms with Crippen molar-refractivity contribution >= 4 is 0 Å². The molecule has 5 heteroatoms. The second-order valence-corrected chi connectivity index (χ2v) is 3.95. The minimum absolute atomic E-state index is 0.370. The highest BCUT2D eigenvalue weighted by atomic mass is 16.5. The van der Waals surface area contributed by atoms with Crippen LogP contribution in [-0.2, 0) is 0 Å². The van der Waals surface area contributed by atoms with Crippen LogP contribution in [0, 0.1) is 0 Å². The number of hydrogen-bond acceptors (Lipinski definition) is 5. The molecule has 0 bridgehead atoms. The maximum atomic E-state index is 5.46. The Morgan fingerprint density at radius 2 is 1.68 bits per heavy atom. The van der Waals surface area contributed by atoms with E-state index in [9.17, 15) is 0 Å². The average Bonchev–Trinajstić information content (AvgIpc) is 2.49. The van der Waals surface area contributed by atoms with Gasteiger partial charge in [0.05, 0.1) is 12.7 Å². The highest BCUT2D eigenvalue weighted by Gasteiger charge is 2.15. The third-order valence-electron chi connectivity index (χ3n) is 2.52. The molecule has 1 aromatic heterocycles. The van der Waals surface area contributed by atoms with Crippen molar-refractivity contribution in [1.29, 1.82) is 0 Å². The van der Waals surface area contributed by atoms with Gasteiger partial charge in [-0.05, 0) is 17.5 Å². The summed E-state index contributed by atoms with van der Waals surface area (Å²) in [4.78, 5) is 0. The van der Waals surface area contributed by atoms with E-state index in [1.165, 1.54) is 6.33 Å². The van der Waals surface area contributed by atoms with Crippen LogP contribution in [0.1, 0.15) is 39.2 Å². The molecule has 5 nitrogen and oxygen atoms in total. The molecule has 0 saturated carbocycles. The molecular weight excluding hydrogens is 240 g/mol. The molecule has 0 fully saturated rings. The van der Waals surface area contributed by atoms with Gasteiger partial charge in [-0.25, -0.2) is 0 Å². The molecule has 0 N–H and O–H groups in total. The first kappa shape index (κ1) is 15.0. The van der Waals surface area contributed by atoms with E-state index in [4.69, 9.17) is 4.74 Å². The van der Waals surface area contributed by atoms with Gasteiger partial charge in [0.1, 0.15) is 5.75 Å². The fraction of sp³-hybridized carbons (Fsp3) is 0.429. The van der Waals surface area contributed by atoms with Crippen molar-refractivity contribution in [2.75, 3.05) is 7.11 Å². The third-order valence-corrected chi connectivity index (χ3v) is 2.52. The van der Waals surface area contributed by atoms with Gasteiger partial charge >= 0.3 is 0 Å². The molecule has 0 aliphatic rings. The molecule has 0 radical (unpaired) electrons. The van der Waals surface area contributed by atoms with Gasteiger partial charge in [-0.2, -0.15) is 0 Å². The molecule has 0 aliphatic carbocycles. The summed E-state index contributed by atoms with van der Waals surface area (Å²) in [5.74, 6) is 1.64. The largest absolute Gasteiger partial charge is 0.496 e. The number of nitrogens with zero attached hydrogens (tertiary/aromatic N) is 4. The van der Waals surface area contributed by atoms with Crippen molar-refractivity contribution in [3.63, 3.8) is 0 Å². The van der Waals surface area contributed by atoms with Gasteiger partial charge in [0.15, 0.2) is 6.33 Å². The Balaban J connectivity index is 0.000000861. The Morgan fingerprint density at radius 3 is 2.21 bits per heavy atom. The van der Waals surface area contributed by atoms with Crippen molar-refractivity contribution in [3.8, 4) is 17.1 Å². The van der Waals surface area contributed by atoms with Crippen molar-refractivity contribution in [2.45, 2.75) is 33.6 Å². The van der Waals surface area contributed by atoms with Crippen LogP contribution in [0.3, 0.4) is 0 Å². The van der Waals surface area contributed by atoms with Gasteiger partial charge in [0.2, 0.25) is 5.82 Å². The lowest BCUT2D eigenvalue weighted by atomic mass is 9.99. The highest BCUT2D eigenvalue weighted by molar-refractivity contribution is 5.66. The van der Waals surface area contributed by atoms with Gasteiger partial charge in [-0.1, -0.05) is 39.8 Å². The molecule has 2 aromatic rings. The van der Waals surface area contributed by atoms with E-state index in [2.05, 4.69) is 34.2 Å². The first-order valence-corrected chi connectivity index (χ1v) is 6.41. The van der Waals surface area contributed by atoms with Crippen LogP contribution >= 0.6 is 0 Å². The van der Waals surface area contributed by atoms with E-state index in [1.807, 2.05) is 32.0 Å². The van der Waals surface area contributed by atoms with Crippen LogP contribution in [-0.4, -0.2) is 27.5 Å². The summed E-state index contributed by atoms with van der Waals surface area (Å²) in [7, 11) is 1.65. The summed E-state index contributed by atoms with van der Waals surface area (Å²) in [5.41, 5.74) is 1.94. The van der Waals surface area contributed by atoms with Crippen molar-refractivity contribution in [1.82, 2.24) is 20.4 Å². The molecule has 0 unspecified atom stereocenters. The smallest absolute Gasteiger partial charge is 0.207 e. The van der Waals surface area contributed by atoms with Gasteiger partial charge in [-0.3, -0.25) is 0 Å². The molecule has 19 heavy (non-hydrogen) atoms. The Kier molecular flexibility index (Phi) is 5.85. The number of hydrogen-bond donors (Lipinski definition) is 0. The Labute approximate surface area is 114 Å². The Morgan fingerprint density at radius 1 is 1.05 bits per heavy atom. The van der Waals surface area contributed by atoms with Crippen LogP contribution in [0.15, 0.2) is 24.5 Å². The van der Waals surface area contributed by atoms with Crippen LogP contribution in [0.2, 0.25) is 0 Å². The number of aromatic nitrogens is 4. The maximum absolute atomic E-state index is 5.46. The summed E-state index contributed by atoms with van der Waals surface area (Å²) in [6, 6.07) is 5.91. The van der Waals surface area contributed by atoms with E-state index in [0.29, 0.717) is 11.7 Å². The summed E-state index contributed by atoms with van der Waals surface area (Å²) >= 11 is 0. The second-order valence-electron chi connectivity index (χ2n) is 3.95. The molecule has 0 spiro atoms. The molecule has 1 heterocycles. The second kappa shape index (κ2) is 7.41. The maximum Gasteiger partial charge on any atom is 0.207 e. The minimum Gasteiger partial charge on any atom is -0.496 e. The lowest BCUT2D eigenvalue weighted by molar-refractivity contribution is 0.409. The number of rotatable bonds is 3. The number of benzene rings is 1. The predicted octanol–water partition coefficient (Wildman–Crippen LogP) is 3.09. The third kappa shape index (κ3) is 3.47. The zero-order valence-corrected chi connectivity index (χ0v) is 12.1. The van der Waals surface area contributed by atoms with Crippen LogP contribution in [0.25, 0.3) is 11.4 Å². The highest BCUT2D eigenvalue weighted by Crippen LogP contribution is 2.34. The van der Waals surface area contributed by atoms with Gasteiger partial charge in [0, 0.05) is 0 Å². The van der Waals surface area contributed by atoms with E-state index < -0.39 is 0 Å². The quantitative estimate of drug-likeness (QED) is 0.848. The SMILES string of the molecule is CC.COc1c(-c2nncnn2)cccc1C(C)C. The molecule has 2 rings (SSSR count). The lowest BCUT2D eigenvalue weighted by Crippen LogP contribution is -2.00. The fourth-order valence-electron chi connectivity index (χ4n) is 1.73. The first-order chi connectivity index (χ1) is 9.24. The molecule has 0 saturated heterocycles. The molecule has 1 aromatic carbocycles. The summed E-state index contributed by atoms with van der Waals surface area (Å²) in [6.45, 7) is 8.23. The van der Waals surface area contributed by atoms with Crippen LogP contribution in [0.4, 0.5) is 0 Å². The van der Waals surface area contributed by atoms with E-state index in [1.54, 1.807) is 7.11 Å². The molecule has 0 atom stereocenters. The topological polar surface area (TPSA) is 60.8 Å². The molecular formula is C14H20N4O. The summed E-state index contributed by atoms with van der Waals surface area (Å²) in [5, 5.41) is 15.4. The molecule has 102 valence electrons. The molecule has 0 aliphatic heterocycles. The Bertz CT molecular complexity index is 500. The van der Waals surface area contributed by atoms with E-state index >= 15 is 0 Å². The zero-order chi connectivity index (χ0) is 14.3. The van der Waals surface area contributed by atoms with Crippen LogP contribution < -0.4 is 4.74 Å². The van der Waals surface area contributed by atoms with Gasteiger partial charge in [0.25, 0.3) is 0 Å². The summed E-state index contributed by atoms with van der Waals surface area (Å²) < 4.78 is 5.46. The Hall–Kier alpha value is -2.04. The molecule has 0 amide bonds. The van der Waals surface area contributed by atoms with Gasteiger partial charge < -0.3 is 4.74 Å². The summed E-state index contributed by atoms with van der Waals surface area (Å²) in [6.07, 6.45) is 1.31. The fourth-order valence-corrected chi connectivity index (χ4v) is 1.73. The van der Waals surface area contributed by atoms with Crippen LogP contribution in [0.5, 0.6) is 5.75 Å². The van der Waals surface area contributed by atoms with Crippen molar-refractivity contribution < 1.29 is 4.74 Å². The number of methoxy groups -OCH3 is 1. The first-order valence-electron chi connectivity index (χ1n) is 6.41. The number of ether oxygens (including phenoxy) is 1. The lowest BCUT2D eigenvalue weighted by Gasteiger charge is -2.14. The monoisotopic (exact) mass is 260 g/mol. The van der Waals surface area contributed by atoms with Gasteiger partial charge in [-0.15, -0.1) is 20.4 Å². The average molecular weight is 260 g/mol. The standard InChI is InChI=1S/C12H14N4O.C2H6/c1-8(2)9-5-4-6-10(11(9)17-3)12-15-13-7-14-16-12;1-2/h4-8H,1-3H3;1-2H3. The van der Waals surface area contributed by atoms with E-state index in [0.717, 1.165) is 16.9 Å². The van der Waals surface area contributed by atoms with E-state index in [-0.39, 0.29) is 0 Å². The minimum atomic E-state index is 0.370. The van der Waals surface area contributed by atoms with Crippen molar-refractivity contribution in [2.24, 2.45) is 0 Å². The predicted molar refractivity (Wildman–Crippen MR) is 75.0 cm³/mol. The normalized spacial score (nSPS) is 9.79. The van der Waals surface area contributed by atoms with Crippen molar-refractivity contribution in [3.05, 3.63) is 30.1 Å². The number of para-hydroxylation sites is 1. The zero-order valence-electron chi connectivity index (χ0n) is 12.1.